The number of fused-ring (bicyclic) bond motifs is 1. The fourth-order valence-corrected chi connectivity index (χ4v) is 2.83. The number of aromatic amines is 1. The second-order valence-electron chi connectivity index (χ2n) is 4.38. The first kappa shape index (κ1) is 13.9. The van der Waals surface area contributed by atoms with E-state index in [0.29, 0.717) is 11.2 Å². The zero-order chi connectivity index (χ0) is 14.0. The summed E-state index contributed by atoms with van der Waals surface area (Å²) in [4.78, 5) is 30.4. The summed E-state index contributed by atoms with van der Waals surface area (Å²) in [6.45, 7) is 4.88. The Morgan fingerprint density at radius 3 is 2.63 bits per heavy atom. The molecule has 0 spiro atoms. The van der Waals surface area contributed by atoms with E-state index >= 15 is 0 Å². The molecule has 0 bridgehead atoms. The first-order valence-electron chi connectivity index (χ1n) is 6.42. The second-order valence-corrected chi connectivity index (χ2v) is 5.45. The van der Waals surface area contributed by atoms with Crippen molar-refractivity contribution < 1.29 is 0 Å². The molecule has 2 rings (SSSR count). The third kappa shape index (κ3) is 2.47. The van der Waals surface area contributed by atoms with Crippen molar-refractivity contribution in [1.82, 2.24) is 19.1 Å². The number of nitrogens with zero attached hydrogens (tertiary/aromatic N) is 3. The van der Waals surface area contributed by atoms with Crippen LogP contribution >= 0.6 is 11.8 Å². The molecular weight excluding hydrogens is 264 g/mol. The van der Waals surface area contributed by atoms with Gasteiger partial charge >= 0.3 is 5.69 Å². The molecule has 104 valence electrons. The highest BCUT2D eigenvalue weighted by Gasteiger charge is 2.16. The van der Waals surface area contributed by atoms with Gasteiger partial charge in [0.05, 0.1) is 0 Å². The van der Waals surface area contributed by atoms with E-state index in [1.165, 1.54) is 4.57 Å². The Kier molecular flexibility index (Phi) is 4.14. The average Bonchev–Trinajstić information content (AvgIpc) is 2.74. The van der Waals surface area contributed by atoms with Gasteiger partial charge in [-0.15, -0.1) is 0 Å². The van der Waals surface area contributed by atoms with Crippen LogP contribution in [0, 0.1) is 0 Å². The van der Waals surface area contributed by atoms with Crippen LogP contribution in [0.2, 0.25) is 0 Å². The van der Waals surface area contributed by atoms with Gasteiger partial charge in [0, 0.05) is 19.3 Å². The summed E-state index contributed by atoms with van der Waals surface area (Å²) in [5, 5.41) is 0.811. The lowest BCUT2D eigenvalue weighted by Gasteiger charge is -2.05. The molecule has 2 aromatic rings. The van der Waals surface area contributed by atoms with Gasteiger partial charge < -0.3 is 4.57 Å². The molecule has 0 saturated heterocycles. The summed E-state index contributed by atoms with van der Waals surface area (Å²) in [6.07, 6.45) is 1.95. The normalized spacial score (nSPS) is 11.3. The number of aryl methyl sites for hydroxylation is 2. The standard InChI is InChI=1S/C12H18N4O2S/c1-4-6-16-8-9(13-12(16)19-7-5-2)15(3)11(18)14-10(8)17/h4-7H2,1-3H3,(H,14,17,18). The maximum Gasteiger partial charge on any atom is 0.329 e. The van der Waals surface area contributed by atoms with E-state index in [4.69, 9.17) is 0 Å². The van der Waals surface area contributed by atoms with Crippen molar-refractivity contribution in [3.05, 3.63) is 20.8 Å². The summed E-state index contributed by atoms with van der Waals surface area (Å²) >= 11 is 1.62. The van der Waals surface area contributed by atoms with Gasteiger partial charge in [0.25, 0.3) is 5.56 Å². The van der Waals surface area contributed by atoms with Crippen molar-refractivity contribution in [1.29, 1.82) is 0 Å². The molecule has 0 aliphatic heterocycles. The van der Waals surface area contributed by atoms with Gasteiger partial charge in [-0.3, -0.25) is 14.3 Å². The fourth-order valence-electron chi connectivity index (χ4n) is 1.95. The number of nitrogens with one attached hydrogen (secondary N) is 1. The molecule has 1 N–H and O–H groups in total. The minimum absolute atomic E-state index is 0.359. The molecule has 0 aliphatic rings. The zero-order valence-corrected chi connectivity index (χ0v) is 12.2. The van der Waals surface area contributed by atoms with Crippen molar-refractivity contribution in [2.45, 2.75) is 38.4 Å². The highest BCUT2D eigenvalue weighted by molar-refractivity contribution is 7.99. The molecular formula is C12H18N4O2S. The Balaban J connectivity index is 2.73. The third-order valence-electron chi connectivity index (χ3n) is 2.85. The first-order valence-corrected chi connectivity index (χ1v) is 7.41. The van der Waals surface area contributed by atoms with Crippen LogP contribution in [-0.2, 0) is 13.6 Å². The predicted molar refractivity (Wildman–Crippen MR) is 76.9 cm³/mol. The molecule has 0 aliphatic carbocycles. The summed E-state index contributed by atoms with van der Waals surface area (Å²) in [6, 6.07) is 0. The summed E-state index contributed by atoms with van der Waals surface area (Å²) in [5.74, 6) is 0.943. The maximum atomic E-state index is 12.0. The van der Waals surface area contributed by atoms with Crippen LogP contribution in [-0.4, -0.2) is 24.9 Å². The largest absolute Gasteiger partial charge is 0.329 e. The van der Waals surface area contributed by atoms with Crippen LogP contribution in [0.15, 0.2) is 14.7 Å². The molecule has 2 heterocycles. The highest BCUT2D eigenvalue weighted by Crippen LogP contribution is 2.22. The van der Waals surface area contributed by atoms with Gasteiger partial charge in [-0.05, 0) is 12.8 Å². The zero-order valence-electron chi connectivity index (χ0n) is 11.4. The van der Waals surface area contributed by atoms with E-state index in [0.717, 1.165) is 30.3 Å². The van der Waals surface area contributed by atoms with Gasteiger partial charge in [-0.25, -0.2) is 9.78 Å². The quantitative estimate of drug-likeness (QED) is 0.840. The molecule has 0 fully saturated rings. The second kappa shape index (κ2) is 5.64. The molecule has 0 aromatic carbocycles. The molecule has 19 heavy (non-hydrogen) atoms. The first-order chi connectivity index (χ1) is 9.10. The number of hydrogen-bond donors (Lipinski definition) is 1. The van der Waals surface area contributed by atoms with E-state index in [1.807, 2.05) is 4.57 Å². The molecule has 2 aromatic heterocycles. The minimum Gasteiger partial charge on any atom is -0.313 e. The van der Waals surface area contributed by atoms with Gasteiger partial charge in [0.15, 0.2) is 16.3 Å². The topological polar surface area (TPSA) is 72.7 Å². The summed E-state index contributed by atoms with van der Waals surface area (Å²) in [5.41, 5.74) is 0.163. The Morgan fingerprint density at radius 1 is 1.26 bits per heavy atom. The van der Waals surface area contributed by atoms with Crippen LogP contribution in [0.1, 0.15) is 26.7 Å². The number of hydrogen-bond acceptors (Lipinski definition) is 4. The van der Waals surface area contributed by atoms with Crippen molar-refractivity contribution in [3.63, 3.8) is 0 Å². The van der Waals surface area contributed by atoms with Gasteiger partial charge in [0.2, 0.25) is 0 Å². The molecule has 0 saturated carbocycles. The van der Waals surface area contributed by atoms with Crippen molar-refractivity contribution in [3.8, 4) is 0 Å². The Labute approximate surface area is 114 Å². The molecule has 0 amide bonds. The number of aromatic nitrogens is 4. The Bertz CT molecular complexity index is 698. The van der Waals surface area contributed by atoms with Crippen LogP contribution < -0.4 is 11.2 Å². The molecule has 0 atom stereocenters. The number of thioether (sulfide) groups is 1. The summed E-state index contributed by atoms with van der Waals surface area (Å²) in [7, 11) is 1.62. The van der Waals surface area contributed by atoms with Gasteiger partial charge in [-0.2, -0.15) is 0 Å². The SMILES string of the molecule is CCCSc1nc2c(c(=O)[nH]c(=O)n2C)n1CCC. The maximum absolute atomic E-state index is 12.0. The van der Waals surface area contributed by atoms with Crippen molar-refractivity contribution in [2.75, 3.05) is 5.75 Å². The van der Waals surface area contributed by atoms with E-state index in [2.05, 4.69) is 23.8 Å². The Morgan fingerprint density at radius 2 is 2.00 bits per heavy atom. The minimum atomic E-state index is -0.425. The van der Waals surface area contributed by atoms with E-state index in [-0.39, 0.29) is 5.56 Å². The number of rotatable bonds is 5. The average molecular weight is 282 g/mol. The molecule has 6 nitrogen and oxygen atoms in total. The van der Waals surface area contributed by atoms with Crippen molar-refractivity contribution >= 4 is 22.9 Å². The third-order valence-corrected chi connectivity index (χ3v) is 4.04. The van der Waals surface area contributed by atoms with Crippen LogP contribution in [0.4, 0.5) is 0 Å². The molecule has 0 radical (unpaired) electrons. The van der Waals surface area contributed by atoms with Crippen LogP contribution in [0.25, 0.3) is 11.2 Å². The van der Waals surface area contributed by atoms with Gasteiger partial charge in [0.1, 0.15) is 0 Å². The van der Waals surface area contributed by atoms with Crippen LogP contribution in [0.3, 0.4) is 0 Å². The number of H-pyrrole nitrogens is 1. The monoisotopic (exact) mass is 282 g/mol. The lowest BCUT2D eigenvalue weighted by Crippen LogP contribution is -2.29. The molecule has 7 heteroatoms. The smallest absolute Gasteiger partial charge is 0.313 e. The van der Waals surface area contributed by atoms with Crippen LogP contribution in [0.5, 0.6) is 0 Å². The Hall–Kier alpha value is -1.50. The predicted octanol–water partition coefficient (Wildman–Crippen LogP) is 1.34. The van der Waals surface area contributed by atoms with E-state index in [1.54, 1.807) is 18.8 Å². The van der Waals surface area contributed by atoms with E-state index in [9.17, 15) is 9.59 Å². The fraction of sp³-hybridized carbons (Fsp3) is 0.583. The van der Waals surface area contributed by atoms with E-state index < -0.39 is 5.69 Å². The lowest BCUT2D eigenvalue weighted by molar-refractivity contribution is 0.636. The number of imidazole rings is 1. The molecule has 0 unspecified atom stereocenters. The van der Waals surface area contributed by atoms with Crippen molar-refractivity contribution in [2.24, 2.45) is 7.05 Å². The summed E-state index contributed by atoms with van der Waals surface area (Å²) < 4.78 is 3.30. The lowest BCUT2D eigenvalue weighted by atomic mass is 10.4. The highest BCUT2D eigenvalue weighted by atomic mass is 32.2. The van der Waals surface area contributed by atoms with Gasteiger partial charge in [-0.1, -0.05) is 25.6 Å².